The van der Waals surface area contributed by atoms with E-state index in [-0.39, 0.29) is 10.8 Å². The molecule has 3 rings (SSSR count). The molecule has 2 nitrogen and oxygen atoms in total. The average molecular weight is 198 g/mol. The minimum atomic E-state index is -0.507. The maximum Gasteiger partial charge on any atom is 0.0862 e. The Morgan fingerprint density at radius 3 is 1.93 bits per heavy atom. The lowest BCUT2D eigenvalue weighted by Crippen LogP contribution is -2.61. The molecule has 0 aromatic carbocycles. The summed E-state index contributed by atoms with van der Waals surface area (Å²) >= 11 is 0. The Bertz CT molecular complexity index is 226. The first kappa shape index (κ1) is 10.4. The Morgan fingerprint density at radius 2 is 1.50 bits per heavy atom. The molecule has 2 heteroatoms. The van der Waals surface area contributed by atoms with Crippen LogP contribution in [0.2, 0.25) is 0 Å². The first-order chi connectivity index (χ1) is 6.42. The second-order valence-electron chi connectivity index (χ2n) is 5.93. The van der Waals surface area contributed by atoms with Gasteiger partial charge in [0.2, 0.25) is 0 Å². The van der Waals surface area contributed by atoms with E-state index in [1.165, 1.54) is 0 Å². The van der Waals surface area contributed by atoms with Gasteiger partial charge in [0.15, 0.2) is 0 Å². The Kier molecular flexibility index (Phi) is 2.20. The summed E-state index contributed by atoms with van der Waals surface area (Å²) in [6.07, 6.45) is 3.30. The maximum atomic E-state index is 10.2. The summed E-state index contributed by atoms with van der Waals surface area (Å²) in [6, 6.07) is 0. The zero-order chi connectivity index (χ0) is 10.6. The summed E-state index contributed by atoms with van der Waals surface area (Å²) in [4.78, 5) is 0. The second kappa shape index (κ2) is 2.96. The normalized spacial score (nSPS) is 52.7. The molecule has 2 unspecified atom stereocenters. The van der Waals surface area contributed by atoms with Crippen LogP contribution in [0.25, 0.3) is 0 Å². The molecule has 3 saturated carbocycles. The number of rotatable bonds is 1. The van der Waals surface area contributed by atoms with Crippen molar-refractivity contribution < 1.29 is 10.2 Å². The molecule has 0 aromatic rings. The van der Waals surface area contributed by atoms with Crippen LogP contribution in [0.3, 0.4) is 0 Å². The lowest BCUT2D eigenvalue weighted by molar-refractivity contribution is -0.209. The Hall–Kier alpha value is -0.0800. The second-order valence-corrected chi connectivity index (χ2v) is 5.93. The molecule has 2 bridgehead atoms. The minimum absolute atomic E-state index is 0.00280. The molecule has 0 aromatic heterocycles. The summed E-state index contributed by atoms with van der Waals surface area (Å²) in [5.74, 6) is 0.469. The van der Waals surface area contributed by atoms with Crippen LogP contribution >= 0.6 is 0 Å². The van der Waals surface area contributed by atoms with E-state index in [0.29, 0.717) is 5.92 Å². The van der Waals surface area contributed by atoms with Crippen LogP contribution in [0.15, 0.2) is 0 Å². The average Bonchev–Trinajstić information content (AvgIpc) is 2.14. The third-order valence-electron chi connectivity index (χ3n) is 5.08. The van der Waals surface area contributed by atoms with E-state index in [1.54, 1.807) is 0 Å². The van der Waals surface area contributed by atoms with Crippen LogP contribution < -0.4 is 0 Å². The molecule has 3 fully saturated rings. The predicted molar refractivity (Wildman–Crippen MR) is 55.9 cm³/mol. The SMILES string of the molecule is CC(C)C12CCC(C)(CC1)C(O)C2O. The van der Waals surface area contributed by atoms with Gasteiger partial charge in [-0.3, -0.25) is 0 Å². The molecule has 14 heavy (non-hydrogen) atoms. The van der Waals surface area contributed by atoms with Gasteiger partial charge in [0.25, 0.3) is 0 Å². The molecule has 3 aliphatic rings. The van der Waals surface area contributed by atoms with E-state index in [0.717, 1.165) is 25.7 Å². The van der Waals surface area contributed by atoms with E-state index < -0.39 is 12.2 Å². The number of aliphatic hydroxyl groups excluding tert-OH is 2. The molecular formula is C12H22O2. The highest BCUT2D eigenvalue weighted by Crippen LogP contribution is 2.59. The van der Waals surface area contributed by atoms with Crippen molar-refractivity contribution in [2.45, 2.75) is 58.7 Å². The van der Waals surface area contributed by atoms with Gasteiger partial charge in [-0.15, -0.1) is 0 Å². The van der Waals surface area contributed by atoms with Crippen LogP contribution in [0.1, 0.15) is 46.5 Å². The highest BCUT2D eigenvalue weighted by atomic mass is 16.3. The van der Waals surface area contributed by atoms with Crippen molar-refractivity contribution in [1.29, 1.82) is 0 Å². The molecule has 0 saturated heterocycles. The van der Waals surface area contributed by atoms with Gasteiger partial charge in [0, 0.05) is 5.41 Å². The topological polar surface area (TPSA) is 40.5 Å². The third kappa shape index (κ3) is 1.10. The third-order valence-corrected chi connectivity index (χ3v) is 5.08. The monoisotopic (exact) mass is 198 g/mol. The van der Waals surface area contributed by atoms with E-state index in [2.05, 4.69) is 20.8 Å². The van der Waals surface area contributed by atoms with E-state index in [9.17, 15) is 10.2 Å². The molecular weight excluding hydrogens is 176 g/mol. The molecule has 0 spiro atoms. The summed E-state index contributed by atoms with van der Waals surface area (Å²) < 4.78 is 0. The van der Waals surface area contributed by atoms with E-state index in [4.69, 9.17) is 0 Å². The van der Waals surface area contributed by atoms with Gasteiger partial charge in [-0.05, 0) is 37.0 Å². The quantitative estimate of drug-likeness (QED) is 0.676. The smallest absolute Gasteiger partial charge is 0.0862 e. The predicted octanol–water partition coefficient (Wildman–Crippen LogP) is 1.94. The maximum absolute atomic E-state index is 10.2. The number of aliphatic hydroxyl groups is 2. The minimum Gasteiger partial charge on any atom is -0.390 e. The molecule has 0 amide bonds. The van der Waals surface area contributed by atoms with E-state index >= 15 is 0 Å². The van der Waals surface area contributed by atoms with Gasteiger partial charge in [-0.2, -0.15) is 0 Å². The van der Waals surface area contributed by atoms with Crippen molar-refractivity contribution in [2.75, 3.05) is 0 Å². The Morgan fingerprint density at radius 1 is 1.00 bits per heavy atom. The zero-order valence-electron chi connectivity index (χ0n) is 9.45. The largest absolute Gasteiger partial charge is 0.390 e. The molecule has 2 atom stereocenters. The van der Waals surface area contributed by atoms with Crippen molar-refractivity contribution in [3.05, 3.63) is 0 Å². The van der Waals surface area contributed by atoms with Crippen LogP contribution in [0.5, 0.6) is 0 Å². The van der Waals surface area contributed by atoms with Gasteiger partial charge in [0.1, 0.15) is 0 Å². The van der Waals surface area contributed by atoms with E-state index in [1.807, 2.05) is 0 Å². The fourth-order valence-corrected chi connectivity index (χ4v) is 3.49. The summed E-state index contributed by atoms with van der Waals surface area (Å²) in [5, 5.41) is 20.3. The van der Waals surface area contributed by atoms with Crippen LogP contribution in [0, 0.1) is 16.7 Å². The highest BCUT2D eigenvalue weighted by molar-refractivity contribution is 5.08. The van der Waals surface area contributed by atoms with Crippen molar-refractivity contribution in [3.8, 4) is 0 Å². The lowest BCUT2D eigenvalue weighted by Gasteiger charge is -2.59. The number of fused-ring (bicyclic) bond motifs is 3. The standard InChI is InChI=1S/C12H22O2/c1-8(2)12-6-4-11(3,5-7-12)9(13)10(12)14/h8-10,13-14H,4-7H2,1-3H3. The fraction of sp³-hybridized carbons (Fsp3) is 1.00. The molecule has 0 heterocycles. The number of hydrogen-bond donors (Lipinski definition) is 2. The molecule has 82 valence electrons. The van der Waals surface area contributed by atoms with Gasteiger partial charge >= 0.3 is 0 Å². The number of hydrogen-bond acceptors (Lipinski definition) is 2. The van der Waals surface area contributed by atoms with Gasteiger partial charge in [0.05, 0.1) is 12.2 Å². The molecule has 3 aliphatic carbocycles. The van der Waals surface area contributed by atoms with Gasteiger partial charge in [-0.25, -0.2) is 0 Å². The van der Waals surface area contributed by atoms with Crippen molar-refractivity contribution in [2.24, 2.45) is 16.7 Å². The Balaban J connectivity index is 2.32. The summed E-state index contributed by atoms with van der Waals surface area (Å²) in [5.41, 5.74) is -0.0206. The summed E-state index contributed by atoms with van der Waals surface area (Å²) in [6.45, 7) is 6.46. The van der Waals surface area contributed by atoms with Crippen molar-refractivity contribution in [1.82, 2.24) is 0 Å². The Labute approximate surface area is 86.3 Å². The lowest BCUT2D eigenvalue weighted by atomic mass is 9.48. The first-order valence-electron chi connectivity index (χ1n) is 5.78. The van der Waals surface area contributed by atoms with Gasteiger partial charge < -0.3 is 10.2 Å². The fourth-order valence-electron chi connectivity index (χ4n) is 3.49. The van der Waals surface area contributed by atoms with Crippen molar-refractivity contribution >= 4 is 0 Å². The molecule has 0 aliphatic heterocycles. The zero-order valence-corrected chi connectivity index (χ0v) is 9.45. The van der Waals surface area contributed by atoms with Crippen LogP contribution in [0.4, 0.5) is 0 Å². The summed E-state index contributed by atoms with van der Waals surface area (Å²) in [7, 11) is 0. The molecule has 0 radical (unpaired) electrons. The first-order valence-corrected chi connectivity index (χ1v) is 5.78. The van der Waals surface area contributed by atoms with Gasteiger partial charge in [-0.1, -0.05) is 20.8 Å². The van der Waals surface area contributed by atoms with Crippen LogP contribution in [-0.2, 0) is 0 Å². The van der Waals surface area contributed by atoms with Crippen LogP contribution in [-0.4, -0.2) is 22.4 Å². The highest BCUT2D eigenvalue weighted by Gasteiger charge is 2.58. The van der Waals surface area contributed by atoms with Crippen molar-refractivity contribution in [3.63, 3.8) is 0 Å². The molecule has 2 N–H and O–H groups in total.